The minimum absolute atomic E-state index is 0.227. The number of rotatable bonds is 3. The summed E-state index contributed by atoms with van der Waals surface area (Å²) in [7, 11) is 1.65. The molecule has 1 fully saturated rings. The molecule has 1 unspecified atom stereocenters. The highest BCUT2D eigenvalue weighted by molar-refractivity contribution is 5.76. The van der Waals surface area contributed by atoms with E-state index in [9.17, 15) is 0 Å². The first-order valence-corrected chi connectivity index (χ1v) is 6.77. The molecular weight excluding hydrogens is 256 g/mol. The highest BCUT2D eigenvalue weighted by Crippen LogP contribution is 2.37. The zero-order valence-corrected chi connectivity index (χ0v) is 11.5. The van der Waals surface area contributed by atoms with Crippen LogP contribution in [0, 0.1) is 0 Å². The molecular formula is C15H18N2O3. The zero-order valence-electron chi connectivity index (χ0n) is 11.5. The van der Waals surface area contributed by atoms with Crippen molar-refractivity contribution in [2.45, 2.75) is 18.8 Å². The van der Waals surface area contributed by atoms with Gasteiger partial charge in [0.2, 0.25) is 0 Å². The van der Waals surface area contributed by atoms with E-state index in [2.05, 4.69) is 5.16 Å². The molecule has 1 aliphatic rings. The molecule has 2 N–H and O–H groups in total. The van der Waals surface area contributed by atoms with E-state index >= 15 is 0 Å². The Balaban J connectivity index is 1.96. The SMILES string of the molecule is COc1ccc(-c2c(N)noc2C2CCCOC2)cc1. The number of hydrogen-bond donors (Lipinski definition) is 1. The molecule has 1 atom stereocenters. The molecule has 1 aromatic heterocycles. The maximum Gasteiger partial charge on any atom is 0.175 e. The second kappa shape index (κ2) is 5.54. The smallest absolute Gasteiger partial charge is 0.175 e. The van der Waals surface area contributed by atoms with E-state index in [1.54, 1.807) is 7.11 Å². The number of ether oxygens (including phenoxy) is 2. The van der Waals surface area contributed by atoms with E-state index in [4.69, 9.17) is 19.7 Å². The summed E-state index contributed by atoms with van der Waals surface area (Å²) in [5.41, 5.74) is 7.84. The average molecular weight is 274 g/mol. The molecule has 5 nitrogen and oxygen atoms in total. The van der Waals surface area contributed by atoms with Crippen molar-refractivity contribution in [2.24, 2.45) is 0 Å². The van der Waals surface area contributed by atoms with Crippen molar-refractivity contribution in [3.63, 3.8) is 0 Å². The molecule has 20 heavy (non-hydrogen) atoms. The molecule has 0 spiro atoms. The Morgan fingerprint density at radius 1 is 1.30 bits per heavy atom. The van der Waals surface area contributed by atoms with Gasteiger partial charge in [0.1, 0.15) is 5.75 Å². The van der Waals surface area contributed by atoms with Crippen LogP contribution in [0.15, 0.2) is 28.8 Å². The molecule has 1 saturated heterocycles. The van der Waals surface area contributed by atoms with Crippen LogP contribution < -0.4 is 10.5 Å². The van der Waals surface area contributed by atoms with Crippen LogP contribution in [0.25, 0.3) is 11.1 Å². The van der Waals surface area contributed by atoms with Crippen molar-refractivity contribution >= 4 is 5.82 Å². The second-order valence-corrected chi connectivity index (χ2v) is 4.95. The quantitative estimate of drug-likeness (QED) is 0.931. The van der Waals surface area contributed by atoms with Crippen LogP contribution in [-0.2, 0) is 4.74 Å². The molecule has 2 aromatic rings. The molecule has 3 rings (SSSR count). The van der Waals surface area contributed by atoms with E-state index in [1.807, 2.05) is 24.3 Å². The van der Waals surface area contributed by atoms with Gasteiger partial charge in [0.25, 0.3) is 0 Å². The summed E-state index contributed by atoms with van der Waals surface area (Å²) in [6, 6.07) is 7.75. The third-order valence-corrected chi connectivity index (χ3v) is 3.65. The third kappa shape index (κ3) is 2.36. The molecule has 0 aliphatic carbocycles. The predicted octanol–water partition coefficient (Wildman–Crippen LogP) is 2.83. The summed E-state index contributed by atoms with van der Waals surface area (Å²) in [5.74, 6) is 2.29. The molecule has 1 aliphatic heterocycles. The number of anilines is 1. The van der Waals surface area contributed by atoms with Gasteiger partial charge in [0.05, 0.1) is 19.3 Å². The first kappa shape index (κ1) is 13.0. The fourth-order valence-electron chi connectivity index (χ4n) is 2.59. The first-order valence-electron chi connectivity index (χ1n) is 6.77. The molecule has 2 heterocycles. The van der Waals surface area contributed by atoms with Crippen LogP contribution in [0.4, 0.5) is 5.82 Å². The van der Waals surface area contributed by atoms with Crippen molar-refractivity contribution < 1.29 is 14.0 Å². The summed E-state index contributed by atoms with van der Waals surface area (Å²) < 4.78 is 16.2. The van der Waals surface area contributed by atoms with Crippen molar-refractivity contribution in [3.05, 3.63) is 30.0 Å². The normalized spacial score (nSPS) is 18.9. The monoisotopic (exact) mass is 274 g/mol. The fourth-order valence-corrected chi connectivity index (χ4v) is 2.59. The number of aromatic nitrogens is 1. The van der Waals surface area contributed by atoms with Crippen molar-refractivity contribution in [2.75, 3.05) is 26.1 Å². The zero-order chi connectivity index (χ0) is 13.9. The van der Waals surface area contributed by atoms with Gasteiger partial charge in [-0.3, -0.25) is 0 Å². The second-order valence-electron chi connectivity index (χ2n) is 4.95. The molecule has 106 valence electrons. The average Bonchev–Trinajstić information content (AvgIpc) is 2.90. The predicted molar refractivity (Wildman–Crippen MR) is 75.7 cm³/mol. The largest absolute Gasteiger partial charge is 0.497 e. The lowest BCUT2D eigenvalue weighted by Gasteiger charge is -2.20. The topological polar surface area (TPSA) is 70.5 Å². The molecule has 0 radical (unpaired) electrons. The van der Waals surface area contributed by atoms with Gasteiger partial charge in [-0.25, -0.2) is 0 Å². The Kier molecular flexibility index (Phi) is 3.60. The van der Waals surface area contributed by atoms with Gasteiger partial charge in [0, 0.05) is 12.5 Å². The molecule has 5 heteroatoms. The van der Waals surface area contributed by atoms with E-state index in [0.717, 1.165) is 42.1 Å². The minimum Gasteiger partial charge on any atom is -0.497 e. The van der Waals surface area contributed by atoms with Gasteiger partial charge >= 0.3 is 0 Å². The Morgan fingerprint density at radius 3 is 2.75 bits per heavy atom. The number of methoxy groups -OCH3 is 1. The summed E-state index contributed by atoms with van der Waals surface area (Å²) in [6.07, 6.45) is 2.07. The van der Waals surface area contributed by atoms with E-state index in [0.29, 0.717) is 12.4 Å². The maximum atomic E-state index is 5.97. The van der Waals surface area contributed by atoms with Crippen LogP contribution in [0.3, 0.4) is 0 Å². The molecule has 0 bridgehead atoms. The van der Waals surface area contributed by atoms with Crippen LogP contribution in [0.5, 0.6) is 5.75 Å². The summed E-state index contributed by atoms with van der Waals surface area (Å²) in [5, 5.41) is 3.93. The highest BCUT2D eigenvalue weighted by atomic mass is 16.5. The maximum absolute atomic E-state index is 5.97. The summed E-state index contributed by atoms with van der Waals surface area (Å²) >= 11 is 0. The summed E-state index contributed by atoms with van der Waals surface area (Å²) in [6.45, 7) is 1.48. The minimum atomic E-state index is 0.227. The van der Waals surface area contributed by atoms with Gasteiger partial charge in [0.15, 0.2) is 11.6 Å². The van der Waals surface area contributed by atoms with E-state index in [1.165, 1.54) is 0 Å². The number of nitrogens with two attached hydrogens (primary N) is 1. The summed E-state index contributed by atoms with van der Waals surface area (Å²) in [4.78, 5) is 0. The van der Waals surface area contributed by atoms with Crippen LogP contribution >= 0.6 is 0 Å². The van der Waals surface area contributed by atoms with Gasteiger partial charge in [-0.2, -0.15) is 0 Å². The van der Waals surface area contributed by atoms with Crippen molar-refractivity contribution in [1.82, 2.24) is 5.16 Å². The van der Waals surface area contributed by atoms with Crippen molar-refractivity contribution in [1.29, 1.82) is 0 Å². The fraction of sp³-hybridized carbons (Fsp3) is 0.400. The van der Waals surface area contributed by atoms with Gasteiger partial charge in [-0.1, -0.05) is 17.3 Å². The van der Waals surface area contributed by atoms with Gasteiger partial charge < -0.3 is 19.7 Å². The molecule has 0 saturated carbocycles. The van der Waals surface area contributed by atoms with Crippen LogP contribution in [-0.4, -0.2) is 25.5 Å². The van der Waals surface area contributed by atoms with Gasteiger partial charge in [-0.15, -0.1) is 0 Å². The lowest BCUT2D eigenvalue weighted by atomic mass is 9.93. The molecule has 0 amide bonds. The highest BCUT2D eigenvalue weighted by Gasteiger charge is 2.26. The number of benzene rings is 1. The number of hydrogen-bond acceptors (Lipinski definition) is 5. The first-order chi connectivity index (χ1) is 9.79. The Hall–Kier alpha value is -2.01. The van der Waals surface area contributed by atoms with Crippen molar-refractivity contribution in [3.8, 4) is 16.9 Å². The van der Waals surface area contributed by atoms with Crippen LogP contribution in [0.1, 0.15) is 24.5 Å². The Labute approximate surface area is 117 Å². The standard InChI is InChI=1S/C15H18N2O3/c1-18-12-6-4-10(5-7-12)13-14(20-17-15(13)16)11-3-2-8-19-9-11/h4-7,11H,2-3,8-9H2,1H3,(H2,16,17). The lowest BCUT2D eigenvalue weighted by Crippen LogP contribution is -2.15. The van der Waals surface area contributed by atoms with E-state index in [-0.39, 0.29) is 5.92 Å². The van der Waals surface area contributed by atoms with E-state index < -0.39 is 0 Å². The number of nitrogens with zero attached hydrogens (tertiary/aromatic N) is 1. The molecule has 1 aromatic carbocycles. The van der Waals surface area contributed by atoms with Crippen LogP contribution in [0.2, 0.25) is 0 Å². The van der Waals surface area contributed by atoms with Gasteiger partial charge in [-0.05, 0) is 30.5 Å². The lowest BCUT2D eigenvalue weighted by molar-refractivity contribution is 0.0723. The Morgan fingerprint density at radius 2 is 2.10 bits per heavy atom. The Bertz CT molecular complexity index is 571. The number of nitrogen functional groups attached to an aromatic ring is 1. The third-order valence-electron chi connectivity index (χ3n) is 3.65.